The maximum absolute atomic E-state index is 9.31. The summed E-state index contributed by atoms with van der Waals surface area (Å²) >= 11 is 0. The Hall–Kier alpha value is -2.27. The second-order valence-electron chi connectivity index (χ2n) is 4.11. The number of ether oxygens (including phenoxy) is 1. The average molecular weight is 237 g/mol. The highest BCUT2D eigenvalue weighted by atomic mass is 16.5. The van der Waals surface area contributed by atoms with Crippen LogP contribution in [-0.4, -0.2) is 7.11 Å². The van der Waals surface area contributed by atoms with Crippen LogP contribution in [0.4, 0.5) is 0 Å². The van der Waals surface area contributed by atoms with Gasteiger partial charge in [-0.05, 0) is 23.6 Å². The van der Waals surface area contributed by atoms with E-state index in [9.17, 15) is 5.26 Å². The molecule has 0 radical (unpaired) electrons. The lowest BCUT2D eigenvalue weighted by molar-refractivity contribution is 0.409. The number of para-hydroxylation sites is 1. The van der Waals surface area contributed by atoms with Crippen molar-refractivity contribution < 1.29 is 4.74 Å². The predicted molar refractivity (Wildman–Crippen MR) is 71.5 cm³/mol. The van der Waals surface area contributed by atoms with Gasteiger partial charge in [0.1, 0.15) is 5.75 Å². The molecule has 0 fully saturated rings. The summed E-state index contributed by atoms with van der Waals surface area (Å²) in [6.07, 6.45) is 0.671. The first kappa shape index (κ1) is 12.2. The van der Waals surface area contributed by atoms with Crippen LogP contribution in [0.3, 0.4) is 0 Å². The molecule has 2 nitrogen and oxygen atoms in total. The quantitative estimate of drug-likeness (QED) is 0.814. The van der Waals surface area contributed by atoms with Gasteiger partial charge in [-0.2, -0.15) is 5.26 Å². The minimum absolute atomic E-state index is 0.137. The third-order valence-corrected chi connectivity index (χ3v) is 2.97. The zero-order valence-corrected chi connectivity index (χ0v) is 10.3. The summed E-state index contributed by atoms with van der Waals surface area (Å²) < 4.78 is 5.32. The van der Waals surface area contributed by atoms with Crippen LogP contribution in [0.15, 0.2) is 54.6 Å². The maximum atomic E-state index is 9.31. The van der Waals surface area contributed by atoms with Gasteiger partial charge in [-0.15, -0.1) is 0 Å². The van der Waals surface area contributed by atoms with Crippen molar-refractivity contribution in [3.8, 4) is 11.8 Å². The lowest BCUT2D eigenvalue weighted by Crippen LogP contribution is -2.02. The Morgan fingerprint density at radius 1 is 1.06 bits per heavy atom. The zero-order chi connectivity index (χ0) is 12.8. The second kappa shape index (κ2) is 5.88. The fourth-order valence-electron chi connectivity index (χ4n) is 2.01. The summed E-state index contributed by atoms with van der Waals surface area (Å²) in [6, 6.07) is 20.1. The van der Waals surface area contributed by atoms with E-state index in [2.05, 4.69) is 6.07 Å². The molecule has 0 aromatic heterocycles. The molecule has 0 saturated heterocycles. The van der Waals surface area contributed by atoms with E-state index in [1.807, 2.05) is 54.6 Å². The number of hydrogen-bond donors (Lipinski definition) is 0. The van der Waals surface area contributed by atoms with Crippen molar-refractivity contribution in [2.45, 2.75) is 12.3 Å². The average Bonchev–Trinajstić information content (AvgIpc) is 2.46. The predicted octanol–water partition coefficient (Wildman–Crippen LogP) is 3.55. The Kier molecular flexibility index (Phi) is 3.98. The molecule has 2 rings (SSSR count). The number of benzene rings is 2. The van der Waals surface area contributed by atoms with Crippen LogP contribution in [-0.2, 0) is 6.42 Å². The Balaban J connectivity index is 2.24. The molecule has 1 unspecified atom stereocenters. The van der Waals surface area contributed by atoms with Gasteiger partial charge in [-0.25, -0.2) is 0 Å². The number of hydrogen-bond acceptors (Lipinski definition) is 2. The van der Waals surface area contributed by atoms with Crippen molar-refractivity contribution in [3.63, 3.8) is 0 Å². The first-order valence-corrected chi connectivity index (χ1v) is 5.91. The van der Waals surface area contributed by atoms with Crippen molar-refractivity contribution in [3.05, 3.63) is 65.7 Å². The highest BCUT2D eigenvalue weighted by Gasteiger charge is 2.13. The van der Waals surface area contributed by atoms with Gasteiger partial charge in [-0.1, -0.05) is 48.5 Å². The third kappa shape index (κ3) is 2.70. The van der Waals surface area contributed by atoms with Gasteiger partial charge in [-0.3, -0.25) is 0 Å². The first-order chi connectivity index (χ1) is 8.85. The molecule has 2 aromatic carbocycles. The monoisotopic (exact) mass is 237 g/mol. The summed E-state index contributed by atoms with van der Waals surface area (Å²) in [4.78, 5) is 0. The van der Waals surface area contributed by atoms with E-state index in [0.717, 1.165) is 16.9 Å². The van der Waals surface area contributed by atoms with Gasteiger partial charge in [0.05, 0.1) is 19.1 Å². The van der Waals surface area contributed by atoms with Gasteiger partial charge in [0, 0.05) is 0 Å². The van der Waals surface area contributed by atoms with E-state index in [1.54, 1.807) is 7.11 Å². The molecule has 0 saturated carbocycles. The van der Waals surface area contributed by atoms with Crippen molar-refractivity contribution in [1.29, 1.82) is 5.26 Å². The van der Waals surface area contributed by atoms with Crippen LogP contribution in [0.1, 0.15) is 17.0 Å². The van der Waals surface area contributed by atoms with Crippen LogP contribution in [0.25, 0.3) is 0 Å². The van der Waals surface area contributed by atoms with Gasteiger partial charge < -0.3 is 4.74 Å². The zero-order valence-electron chi connectivity index (χ0n) is 10.3. The van der Waals surface area contributed by atoms with Gasteiger partial charge in [0.2, 0.25) is 0 Å². The van der Waals surface area contributed by atoms with E-state index < -0.39 is 0 Å². The minimum Gasteiger partial charge on any atom is -0.496 e. The highest BCUT2D eigenvalue weighted by molar-refractivity contribution is 5.37. The molecular formula is C16H15NO. The molecular weight excluding hydrogens is 222 g/mol. The molecule has 2 heteroatoms. The molecule has 1 atom stereocenters. The van der Waals surface area contributed by atoms with Gasteiger partial charge >= 0.3 is 0 Å². The number of nitriles is 1. The number of methoxy groups -OCH3 is 1. The summed E-state index contributed by atoms with van der Waals surface area (Å²) in [7, 11) is 1.66. The lowest BCUT2D eigenvalue weighted by Gasteiger charge is -2.12. The molecule has 0 bridgehead atoms. The summed E-state index contributed by atoms with van der Waals surface area (Å²) in [5.74, 6) is 0.705. The fourth-order valence-corrected chi connectivity index (χ4v) is 2.01. The molecule has 0 N–H and O–H groups in total. The molecule has 90 valence electrons. The molecule has 2 aromatic rings. The topological polar surface area (TPSA) is 33.0 Å². The van der Waals surface area contributed by atoms with Crippen LogP contribution in [0, 0.1) is 11.3 Å². The Bertz CT molecular complexity index is 543. The van der Waals surface area contributed by atoms with Crippen LogP contribution >= 0.6 is 0 Å². The summed E-state index contributed by atoms with van der Waals surface area (Å²) in [5, 5.41) is 9.31. The standard InChI is InChI=1S/C16H15NO/c1-18-16-10-6-5-9-14(16)11-15(12-17)13-7-3-2-4-8-13/h2-10,15H,11H2,1H3. The largest absolute Gasteiger partial charge is 0.496 e. The molecule has 0 heterocycles. The molecule has 0 spiro atoms. The molecule has 0 amide bonds. The van der Waals surface area contributed by atoms with Crippen molar-refractivity contribution in [2.75, 3.05) is 7.11 Å². The van der Waals surface area contributed by atoms with Crippen LogP contribution in [0.2, 0.25) is 0 Å². The van der Waals surface area contributed by atoms with E-state index in [4.69, 9.17) is 4.74 Å². The second-order valence-corrected chi connectivity index (χ2v) is 4.11. The Morgan fingerprint density at radius 2 is 1.72 bits per heavy atom. The van der Waals surface area contributed by atoms with Gasteiger partial charge in [0.15, 0.2) is 0 Å². The molecule has 18 heavy (non-hydrogen) atoms. The van der Waals surface area contributed by atoms with Crippen molar-refractivity contribution in [1.82, 2.24) is 0 Å². The molecule has 0 aliphatic carbocycles. The first-order valence-electron chi connectivity index (χ1n) is 5.91. The van der Waals surface area contributed by atoms with Crippen LogP contribution in [0.5, 0.6) is 5.75 Å². The Morgan fingerprint density at radius 3 is 2.39 bits per heavy atom. The lowest BCUT2D eigenvalue weighted by atomic mass is 9.93. The van der Waals surface area contributed by atoms with Crippen LogP contribution < -0.4 is 4.74 Å². The summed E-state index contributed by atoms with van der Waals surface area (Å²) in [6.45, 7) is 0. The SMILES string of the molecule is COc1ccccc1CC(C#N)c1ccccc1. The highest BCUT2D eigenvalue weighted by Crippen LogP contribution is 2.25. The van der Waals surface area contributed by atoms with E-state index in [1.165, 1.54) is 0 Å². The minimum atomic E-state index is -0.137. The number of nitrogens with zero attached hydrogens (tertiary/aromatic N) is 1. The van der Waals surface area contributed by atoms with Crippen molar-refractivity contribution in [2.24, 2.45) is 0 Å². The fraction of sp³-hybridized carbons (Fsp3) is 0.188. The van der Waals surface area contributed by atoms with E-state index >= 15 is 0 Å². The van der Waals surface area contributed by atoms with Gasteiger partial charge in [0.25, 0.3) is 0 Å². The third-order valence-electron chi connectivity index (χ3n) is 2.97. The molecule has 0 aliphatic heterocycles. The maximum Gasteiger partial charge on any atom is 0.122 e. The number of rotatable bonds is 4. The summed E-state index contributed by atoms with van der Waals surface area (Å²) in [5.41, 5.74) is 2.11. The smallest absolute Gasteiger partial charge is 0.122 e. The van der Waals surface area contributed by atoms with Crippen molar-refractivity contribution >= 4 is 0 Å². The van der Waals surface area contributed by atoms with E-state index in [0.29, 0.717) is 6.42 Å². The van der Waals surface area contributed by atoms with E-state index in [-0.39, 0.29) is 5.92 Å². The normalized spacial score (nSPS) is 11.6. The Labute approximate surface area is 107 Å². The molecule has 0 aliphatic rings.